The highest BCUT2D eigenvalue weighted by molar-refractivity contribution is 7.99. The molecule has 0 aliphatic heterocycles. The highest BCUT2D eigenvalue weighted by atomic mass is 32.2. The van der Waals surface area contributed by atoms with Crippen LogP contribution in [-0.2, 0) is 7.05 Å². The first-order valence-corrected chi connectivity index (χ1v) is 6.46. The predicted octanol–water partition coefficient (Wildman–Crippen LogP) is 1.61. The summed E-state index contributed by atoms with van der Waals surface area (Å²) in [5.41, 5.74) is 0.765. The molecule has 0 unspecified atom stereocenters. The lowest BCUT2D eigenvalue weighted by molar-refractivity contribution is 0.0693. The van der Waals surface area contributed by atoms with Crippen molar-refractivity contribution < 1.29 is 9.90 Å². The Balaban J connectivity index is 2.20. The SMILES string of the molecule is Cn1ncc2c(Sc3ccncn3)c(C(=O)O)cnc21. The van der Waals surface area contributed by atoms with E-state index < -0.39 is 5.97 Å². The topological polar surface area (TPSA) is 93.8 Å². The molecule has 100 valence electrons. The van der Waals surface area contributed by atoms with Gasteiger partial charge in [-0.2, -0.15) is 5.10 Å². The normalized spacial score (nSPS) is 10.8. The second kappa shape index (κ2) is 4.89. The lowest BCUT2D eigenvalue weighted by Gasteiger charge is -2.06. The molecule has 0 aromatic carbocycles. The van der Waals surface area contributed by atoms with Crippen LogP contribution >= 0.6 is 11.8 Å². The minimum absolute atomic E-state index is 0.133. The van der Waals surface area contributed by atoms with Crippen molar-refractivity contribution >= 4 is 28.8 Å². The molecule has 0 aliphatic carbocycles. The van der Waals surface area contributed by atoms with E-state index in [1.54, 1.807) is 30.2 Å². The molecule has 0 saturated heterocycles. The summed E-state index contributed by atoms with van der Waals surface area (Å²) in [6.07, 6.45) is 5.98. The molecule has 0 saturated carbocycles. The Morgan fingerprint density at radius 1 is 1.35 bits per heavy atom. The van der Waals surface area contributed by atoms with E-state index in [4.69, 9.17) is 0 Å². The van der Waals surface area contributed by atoms with Gasteiger partial charge in [0.25, 0.3) is 0 Å². The van der Waals surface area contributed by atoms with E-state index in [0.717, 1.165) is 0 Å². The van der Waals surface area contributed by atoms with Crippen LogP contribution in [0.1, 0.15) is 10.4 Å². The molecule has 0 radical (unpaired) electrons. The molecule has 20 heavy (non-hydrogen) atoms. The quantitative estimate of drug-likeness (QED) is 0.731. The van der Waals surface area contributed by atoms with E-state index in [0.29, 0.717) is 21.0 Å². The van der Waals surface area contributed by atoms with E-state index in [1.807, 2.05) is 0 Å². The molecule has 0 amide bonds. The van der Waals surface area contributed by atoms with E-state index in [-0.39, 0.29) is 5.56 Å². The molecule has 3 rings (SSSR count). The van der Waals surface area contributed by atoms with Gasteiger partial charge >= 0.3 is 5.97 Å². The van der Waals surface area contributed by atoms with Crippen molar-refractivity contribution in [3.05, 3.63) is 36.5 Å². The van der Waals surface area contributed by atoms with Crippen LogP contribution in [0.3, 0.4) is 0 Å². The number of rotatable bonds is 3. The van der Waals surface area contributed by atoms with Gasteiger partial charge in [0.2, 0.25) is 0 Å². The summed E-state index contributed by atoms with van der Waals surface area (Å²) in [4.78, 5) is 24.0. The Morgan fingerprint density at radius 2 is 2.20 bits per heavy atom. The number of carboxylic acids is 1. The molecule has 0 spiro atoms. The number of aryl methyl sites for hydroxylation is 1. The molecule has 7 nitrogen and oxygen atoms in total. The number of aromatic nitrogens is 5. The minimum Gasteiger partial charge on any atom is -0.478 e. The predicted molar refractivity (Wildman–Crippen MR) is 71.6 cm³/mol. The number of aromatic carboxylic acids is 1. The molecule has 3 aromatic heterocycles. The number of carboxylic acid groups (broad SMARTS) is 1. The highest BCUT2D eigenvalue weighted by Crippen LogP contribution is 2.34. The standard InChI is InChI=1S/C12H9N5O2S/c1-17-11-7(5-16-17)10(8(4-14-11)12(18)19)20-9-2-3-13-6-15-9/h2-6H,1H3,(H,18,19). The third-order valence-electron chi connectivity index (χ3n) is 2.70. The Hall–Kier alpha value is -2.48. The van der Waals surface area contributed by atoms with E-state index >= 15 is 0 Å². The minimum atomic E-state index is -1.03. The molecule has 1 N–H and O–H groups in total. The van der Waals surface area contributed by atoms with Crippen LogP contribution in [0.25, 0.3) is 11.0 Å². The fraction of sp³-hybridized carbons (Fsp3) is 0.0833. The summed E-state index contributed by atoms with van der Waals surface area (Å²) in [6.45, 7) is 0. The number of nitrogens with zero attached hydrogens (tertiary/aromatic N) is 5. The van der Waals surface area contributed by atoms with Crippen LogP contribution in [0.15, 0.2) is 40.9 Å². The lowest BCUT2D eigenvalue weighted by atomic mass is 10.2. The molecule has 0 bridgehead atoms. The molecule has 0 fully saturated rings. The zero-order valence-corrected chi connectivity index (χ0v) is 11.2. The summed E-state index contributed by atoms with van der Waals surface area (Å²) in [5, 5.41) is 14.8. The molecule has 3 heterocycles. The fourth-order valence-corrected chi connectivity index (χ4v) is 2.72. The first-order valence-electron chi connectivity index (χ1n) is 5.64. The van der Waals surface area contributed by atoms with Gasteiger partial charge in [0.15, 0.2) is 5.65 Å². The van der Waals surface area contributed by atoms with Crippen LogP contribution in [0.2, 0.25) is 0 Å². The summed E-state index contributed by atoms with van der Waals surface area (Å²) in [7, 11) is 1.76. The summed E-state index contributed by atoms with van der Waals surface area (Å²) >= 11 is 1.26. The van der Waals surface area contributed by atoms with Crippen molar-refractivity contribution in [2.75, 3.05) is 0 Å². The first kappa shape index (κ1) is 12.5. The molecular weight excluding hydrogens is 278 g/mol. The molecule has 0 atom stereocenters. The van der Waals surface area contributed by atoms with Gasteiger partial charge < -0.3 is 5.11 Å². The van der Waals surface area contributed by atoms with Gasteiger partial charge in [0.1, 0.15) is 11.4 Å². The molecular formula is C12H9N5O2S. The van der Waals surface area contributed by atoms with Crippen molar-refractivity contribution in [2.45, 2.75) is 9.92 Å². The zero-order chi connectivity index (χ0) is 14.1. The lowest BCUT2D eigenvalue weighted by Crippen LogP contribution is -2.02. The second-order valence-corrected chi connectivity index (χ2v) is 4.99. The number of hydrogen-bond donors (Lipinski definition) is 1. The van der Waals surface area contributed by atoms with Gasteiger partial charge in [-0.25, -0.2) is 19.7 Å². The van der Waals surface area contributed by atoms with Crippen molar-refractivity contribution in [3.63, 3.8) is 0 Å². The Kier molecular flexibility index (Phi) is 3.07. The third-order valence-corrected chi connectivity index (χ3v) is 3.80. The number of carbonyl (C=O) groups is 1. The number of hydrogen-bond acceptors (Lipinski definition) is 6. The summed E-state index contributed by atoms with van der Waals surface area (Å²) in [5.74, 6) is -1.03. The Labute approximate surface area is 117 Å². The van der Waals surface area contributed by atoms with Crippen LogP contribution < -0.4 is 0 Å². The Morgan fingerprint density at radius 3 is 2.90 bits per heavy atom. The van der Waals surface area contributed by atoms with Gasteiger partial charge in [0.05, 0.1) is 17.1 Å². The zero-order valence-electron chi connectivity index (χ0n) is 10.4. The van der Waals surface area contributed by atoms with Gasteiger partial charge in [-0.15, -0.1) is 0 Å². The first-order chi connectivity index (χ1) is 9.66. The fourth-order valence-electron chi connectivity index (χ4n) is 1.78. The van der Waals surface area contributed by atoms with Crippen LogP contribution in [0, 0.1) is 0 Å². The molecule has 0 aliphatic rings. The average molecular weight is 287 g/mol. The van der Waals surface area contributed by atoms with E-state index in [2.05, 4.69) is 20.1 Å². The van der Waals surface area contributed by atoms with Crippen molar-refractivity contribution in [1.29, 1.82) is 0 Å². The van der Waals surface area contributed by atoms with E-state index in [1.165, 1.54) is 24.3 Å². The van der Waals surface area contributed by atoms with Gasteiger partial charge in [0, 0.05) is 24.3 Å². The van der Waals surface area contributed by atoms with Crippen molar-refractivity contribution in [2.24, 2.45) is 7.05 Å². The largest absolute Gasteiger partial charge is 0.478 e. The maximum atomic E-state index is 11.3. The number of fused-ring (bicyclic) bond motifs is 1. The van der Waals surface area contributed by atoms with Crippen LogP contribution in [-0.4, -0.2) is 35.8 Å². The summed E-state index contributed by atoms with van der Waals surface area (Å²) < 4.78 is 1.60. The van der Waals surface area contributed by atoms with Gasteiger partial charge in [-0.3, -0.25) is 4.68 Å². The van der Waals surface area contributed by atoms with Crippen LogP contribution in [0.4, 0.5) is 0 Å². The smallest absolute Gasteiger partial charge is 0.338 e. The maximum Gasteiger partial charge on any atom is 0.338 e. The third kappa shape index (κ3) is 2.10. The van der Waals surface area contributed by atoms with Crippen molar-refractivity contribution in [3.8, 4) is 0 Å². The maximum absolute atomic E-state index is 11.3. The number of pyridine rings is 1. The average Bonchev–Trinajstić information content (AvgIpc) is 2.82. The van der Waals surface area contributed by atoms with Gasteiger partial charge in [-0.1, -0.05) is 11.8 Å². The molecule has 8 heteroatoms. The molecule has 3 aromatic rings. The van der Waals surface area contributed by atoms with E-state index in [9.17, 15) is 9.90 Å². The van der Waals surface area contributed by atoms with Crippen molar-refractivity contribution in [1.82, 2.24) is 24.7 Å². The van der Waals surface area contributed by atoms with Gasteiger partial charge in [-0.05, 0) is 6.07 Å². The highest BCUT2D eigenvalue weighted by Gasteiger charge is 2.18. The monoisotopic (exact) mass is 287 g/mol. The Bertz CT molecular complexity index is 787. The second-order valence-electron chi connectivity index (χ2n) is 3.96. The van der Waals surface area contributed by atoms with Crippen LogP contribution in [0.5, 0.6) is 0 Å². The summed E-state index contributed by atoms with van der Waals surface area (Å²) in [6, 6.07) is 1.72.